The molecule has 1 aromatic carbocycles. The van der Waals surface area contributed by atoms with Gasteiger partial charge in [-0.1, -0.05) is 25.1 Å². The van der Waals surface area contributed by atoms with E-state index in [9.17, 15) is 4.39 Å². The molecule has 1 aromatic heterocycles. The van der Waals surface area contributed by atoms with Gasteiger partial charge in [-0.05, 0) is 36.0 Å². The Morgan fingerprint density at radius 3 is 2.76 bits per heavy atom. The average Bonchev–Trinajstić information content (AvgIpc) is 2.69. The molecule has 0 bridgehead atoms. The third kappa shape index (κ3) is 2.56. The Morgan fingerprint density at radius 1 is 1.29 bits per heavy atom. The monoisotopic (exact) mass is 249 g/mol. The van der Waals surface area contributed by atoms with Crippen molar-refractivity contribution in [1.82, 2.24) is 5.32 Å². The van der Waals surface area contributed by atoms with Crippen LogP contribution in [0, 0.1) is 12.7 Å². The van der Waals surface area contributed by atoms with Gasteiger partial charge in [-0.2, -0.15) is 0 Å². The number of nitrogens with one attached hydrogen (secondary N) is 1. The molecule has 0 unspecified atom stereocenters. The van der Waals surface area contributed by atoms with Crippen LogP contribution >= 0.6 is 11.3 Å². The first-order valence-corrected chi connectivity index (χ1v) is 6.64. The Morgan fingerprint density at radius 2 is 2.06 bits per heavy atom. The molecule has 0 aliphatic rings. The molecule has 90 valence electrons. The van der Waals surface area contributed by atoms with Gasteiger partial charge in [0.1, 0.15) is 5.82 Å². The van der Waals surface area contributed by atoms with Gasteiger partial charge in [-0.15, -0.1) is 11.3 Å². The lowest BCUT2D eigenvalue weighted by atomic mass is 10.1. The van der Waals surface area contributed by atoms with Crippen LogP contribution < -0.4 is 5.32 Å². The quantitative estimate of drug-likeness (QED) is 0.864. The number of thiophene rings is 1. The Hall–Kier alpha value is -1.19. The second kappa shape index (κ2) is 5.43. The Balaban J connectivity index is 2.34. The van der Waals surface area contributed by atoms with Gasteiger partial charge in [-0.25, -0.2) is 4.39 Å². The molecular formula is C14H16FNS. The first kappa shape index (κ1) is 12.3. The van der Waals surface area contributed by atoms with Crippen molar-refractivity contribution in [2.24, 2.45) is 0 Å². The molecule has 0 saturated carbocycles. The van der Waals surface area contributed by atoms with Crippen LogP contribution in [-0.4, -0.2) is 6.54 Å². The molecule has 17 heavy (non-hydrogen) atoms. The summed E-state index contributed by atoms with van der Waals surface area (Å²) in [6.45, 7) is 5.95. The molecule has 1 nitrogen and oxygen atoms in total. The summed E-state index contributed by atoms with van der Waals surface area (Å²) < 4.78 is 13.7. The van der Waals surface area contributed by atoms with E-state index in [0.29, 0.717) is 5.56 Å². The van der Waals surface area contributed by atoms with Gasteiger partial charge < -0.3 is 5.32 Å². The van der Waals surface area contributed by atoms with Crippen molar-refractivity contribution in [3.05, 3.63) is 46.6 Å². The van der Waals surface area contributed by atoms with Gasteiger partial charge >= 0.3 is 0 Å². The summed E-state index contributed by atoms with van der Waals surface area (Å²) in [4.78, 5) is 1.04. The van der Waals surface area contributed by atoms with Gasteiger partial charge in [0.2, 0.25) is 0 Å². The van der Waals surface area contributed by atoms with E-state index in [1.165, 1.54) is 17.2 Å². The number of halogens is 1. The molecule has 0 spiro atoms. The van der Waals surface area contributed by atoms with E-state index in [4.69, 9.17) is 0 Å². The highest BCUT2D eigenvalue weighted by molar-refractivity contribution is 7.14. The molecule has 0 aliphatic heterocycles. The van der Waals surface area contributed by atoms with Crippen LogP contribution in [0.25, 0.3) is 10.4 Å². The highest BCUT2D eigenvalue weighted by atomic mass is 32.1. The van der Waals surface area contributed by atoms with Crippen molar-refractivity contribution < 1.29 is 4.39 Å². The van der Waals surface area contributed by atoms with Gasteiger partial charge in [0.25, 0.3) is 0 Å². The predicted octanol–water partition coefficient (Wildman–Crippen LogP) is 3.97. The topological polar surface area (TPSA) is 12.0 Å². The third-order valence-corrected chi connectivity index (χ3v) is 3.99. The largest absolute Gasteiger partial charge is 0.313 e. The van der Waals surface area contributed by atoms with Crippen LogP contribution in [0.5, 0.6) is 0 Å². The number of hydrogen-bond acceptors (Lipinski definition) is 2. The van der Waals surface area contributed by atoms with Gasteiger partial charge in [-0.3, -0.25) is 0 Å². The van der Waals surface area contributed by atoms with Crippen molar-refractivity contribution in [2.45, 2.75) is 20.4 Å². The molecular weight excluding hydrogens is 233 g/mol. The molecule has 3 heteroatoms. The van der Waals surface area contributed by atoms with Crippen LogP contribution in [0.1, 0.15) is 18.1 Å². The summed E-state index contributed by atoms with van der Waals surface area (Å²) in [5.41, 5.74) is 3.15. The third-order valence-electron chi connectivity index (χ3n) is 2.83. The maximum absolute atomic E-state index is 13.7. The van der Waals surface area contributed by atoms with E-state index in [1.54, 1.807) is 17.4 Å². The molecule has 0 radical (unpaired) electrons. The van der Waals surface area contributed by atoms with Crippen molar-refractivity contribution in [3.63, 3.8) is 0 Å². The van der Waals surface area contributed by atoms with E-state index in [1.807, 2.05) is 12.1 Å². The summed E-state index contributed by atoms with van der Waals surface area (Å²) >= 11 is 1.61. The molecule has 1 heterocycles. The molecule has 0 amide bonds. The molecule has 0 fully saturated rings. The van der Waals surface area contributed by atoms with Crippen LogP contribution in [0.4, 0.5) is 4.39 Å². The fraction of sp³-hybridized carbons (Fsp3) is 0.286. The van der Waals surface area contributed by atoms with Crippen LogP contribution in [-0.2, 0) is 6.54 Å². The number of benzene rings is 1. The minimum Gasteiger partial charge on any atom is -0.313 e. The van der Waals surface area contributed by atoms with Crippen LogP contribution in [0.3, 0.4) is 0 Å². The minimum absolute atomic E-state index is 0.146. The second-order valence-corrected chi connectivity index (χ2v) is 4.85. The van der Waals surface area contributed by atoms with Gasteiger partial charge in [0.05, 0.1) is 0 Å². The van der Waals surface area contributed by atoms with Crippen molar-refractivity contribution in [1.29, 1.82) is 0 Å². The molecule has 1 N–H and O–H groups in total. The summed E-state index contributed by atoms with van der Waals surface area (Å²) in [6, 6.07) is 6.95. The zero-order valence-electron chi connectivity index (χ0n) is 10.1. The van der Waals surface area contributed by atoms with Crippen LogP contribution in [0.2, 0.25) is 0 Å². The average molecular weight is 249 g/mol. The molecule has 0 aliphatic carbocycles. The van der Waals surface area contributed by atoms with Crippen LogP contribution in [0.15, 0.2) is 29.6 Å². The lowest BCUT2D eigenvalue weighted by molar-refractivity contribution is 0.631. The smallest absolute Gasteiger partial charge is 0.131 e. The standard InChI is InChI=1S/C14H16FNS/c1-3-16-8-11-9-17-14(10(11)2)12-6-4-5-7-13(12)15/h4-7,9,16H,3,8H2,1-2H3. The normalized spacial score (nSPS) is 10.8. The van der Waals surface area contributed by atoms with E-state index < -0.39 is 0 Å². The fourth-order valence-corrected chi connectivity index (χ4v) is 2.92. The second-order valence-electron chi connectivity index (χ2n) is 3.98. The maximum atomic E-state index is 13.7. The maximum Gasteiger partial charge on any atom is 0.131 e. The zero-order chi connectivity index (χ0) is 12.3. The van der Waals surface area contributed by atoms with E-state index in [-0.39, 0.29) is 5.82 Å². The summed E-state index contributed by atoms with van der Waals surface area (Å²) in [5.74, 6) is -0.146. The number of hydrogen-bond donors (Lipinski definition) is 1. The summed E-state index contributed by atoms with van der Waals surface area (Å²) in [6.07, 6.45) is 0. The SMILES string of the molecule is CCNCc1csc(-c2ccccc2F)c1C. The Labute approximate surface area is 105 Å². The molecule has 2 aromatic rings. The zero-order valence-corrected chi connectivity index (χ0v) is 10.9. The summed E-state index contributed by atoms with van der Waals surface area (Å²) in [7, 11) is 0. The fourth-order valence-electron chi connectivity index (χ4n) is 1.80. The highest BCUT2D eigenvalue weighted by Crippen LogP contribution is 2.33. The Kier molecular flexibility index (Phi) is 3.92. The van der Waals surface area contributed by atoms with E-state index in [2.05, 4.69) is 24.5 Å². The van der Waals surface area contributed by atoms with Gasteiger partial charge in [0, 0.05) is 17.0 Å². The molecule has 0 atom stereocenters. The van der Waals surface area contributed by atoms with E-state index >= 15 is 0 Å². The van der Waals surface area contributed by atoms with E-state index in [0.717, 1.165) is 18.0 Å². The predicted molar refractivity (Wildman–Crippen MR) is 71.8 cm³/mol. The lowest BCUT2D eigenvalue weighted by Gasteiger charge is -2.04. The first-order chi connectivity index (χ1) is 8.24. The number of rotatable bonds is 4. The van der Waals surface area contributed by atoms with Crippen molar-refractivity contribution >= 4 is 11.3 Å². The summed E-state index contributed by atoms with van der Waals surface area (Å²) in [5, 5.41) is 5.41. The Bertz CT molecular complexity index is 505. The van der Waals surface area contributed by atoms with Crippen molar-refractivity contribution in [3.8, 4) is 10.4 Å². The first-order valence-electron chi connectivity index (χ1n) is 5.76. The van der Waals surface area contributed by atoms with Gasteiger partial charge in [0.15, 0.2) is 0 Å². The lowest BCUT2D eigenvalue weighted by Crippen LogP contribution is -2.11. The highest BCUT2D eigenvalue weighted by Gasteiger charge is 2.12. The minimum atomic E-state index is -0.146. The molecule has 0 saturated heterocycles. The molecule has 2 rings (SSSR count). The van der Waals surface area contributed by atoms with Crippen molar-refractivity contribution in [2.75, 3.05) is 6.54 Å².